The second kappa shape index (κ2) is 5.11. The minimum atomic E-state index is 0.812. The second-order valence-electron chi connectivity index (χ2n) is 4.78. The van der Waals surface area contributed by atoms with Gasteiger partial charge in [-0.1, -0.05) is 60.2 Å². The van der Waals surface area contributed by atoms with Gasteiger partial charge in [0.2, 0.25) is 0 Å². The number of hydrogen-bond donors (Lipinski definition) is 0. The van der Waals surface area contributed by atoms with E-state index in [1.165, 1.54) is 16.7 Å². The van der Waals surface area contributed by atoms with E-state index in [1.54, 1.807) is 0 Å². The van der Waals surface area contributed by atoms with Gasteiger partial charge in [-0.05, 0) is 18.1 Å². The number of rotatable bonds is 3. The Labute approximate surface area is 113 Å². The standard InChI is InChI=1S/C17H16N2/c1-14-7-9-16(10-8-14)17-11-18-19(13-17)12-15-5-3-2-4-6-15/h2-11,13H,12H2,1H3. The summed E-state index contributed by atoms with van der Waals surface area (Å²) in [6.07, 6.45) is 4.02. The van der Waals surface area contributed by atoms with E-state index in [-0.39, 0.29) is 0 Å². The van der Waals surface area contributed by atoms with E-state index in [4.69, 9.17) is 0 Å². The van der Waals surface area contributed by atoms with Crippen LogP contribution < -0.4 is 0 Å². The number of benzene rings is 2. The van der Waals surface area contributed by atoms with Gasteiger partial charge >= 0.3 is 0 Å². The Bertz CT molecular complexity index is 651. The van der Waals surface area contributed by atoms with Crippen molar-refractivity contribution in [2.45, 2.75) is 13.5 Å². The first-order chi connectivity index (χ1) is 9.31. The maximum atomic E-state index is 4.43. The Morgan fingerprint density at radius 3 is 2.37 bits per heavy atom. The van der Waals surface area contributed by atoms with Gasteiger partial charge in [0.15, 0.2) is 0 Å². The van der Waals surface area contributed by atoms with Crippen LogP contribution in [-0.4, -0.2) is 9.78 Å². The van der Waals surface area contributed by atoms with Gasteiger partial charge in [-0.25, -0.2) is 0 Å². The number of aryl methyl sites for hydroxylation is 1. The molecule has 0 N–H and O–H groups in total. The third kappa shape index (κ3) is 2.74. The molecular weight excluding hydrogens is 232 g/mol. The average Bonchev–Trinajstić information content (AvgIpc) is 2.89. The fourth-order valence-electron chi connectivity index (χ4n) is 2.12. The molecule has 0 bridgehead atoms. The number of hydrogen-bond acceptors (Lipinski definition) is 1. The van der Waals surface area contributed by atoms with Crippen LogP contribution in [0.15, 0.2) is 67.0 Å². The second-order valence-corrected chi connectivity index (χ2v) is 4.78. The van der Waals surface area contributed by atoms with E-state index >= 15 is 0 Å². The lowest BCUT2D eigenvalue weighted by atomic mass is 10.1. The summed E-state index contributed by atoms with van der Waals surface area (Å²) >= 11 is 0. The van der Waals surface area contributed by atoms with Crippen LogP contribution in [0.3, 0.4) is 0 Å². The highest BCUT2D eigenvalue weighted by Gasteiger charge is 2.02. The number of aromatic nitrogens is 2. The summed E-state index contributed by atoms with van der Waals surface area (Å²) in [6, 6.07) is 18.9. The Morgan fingerprint density at radius 1 is 0.895 bits per heavy atom. The summed E-state index contributed by atoms with van der Waals surface area (Å²) < 4.78 is 1.98. The van der Waals surface area contributed by atoms with Crippen molar-refractivity contribution in [1.29, 1.82) is 0 Å². The molecule has 0 saturated carbocycles. The molecule has 0 amide bonds. The first-order valence-electron chi connectivity index (χ1n) is 6.45. The Kier molecular flexibility index (Phi) is 3.15. The van der Waals surface area contributed by atoms with Crippen molar-refractivity contribution in [2.24, 2.45) is 0 Å². The first-order valence-corrected chi connectivity index (χ1v) is 6.45. The molecule has 2 aromatic carbocycles. The van der Waals surface area contributed by atoms with Gasteiger partial charge in [-0.2, -0.15) is 5.10 Å². The average molecular weight is 248 g/mol. The monoisotopic (exact) mass is 248 g/mol. The van der Waals surface area contributed by atoms with Crippen molar-refractivity contribution in [3.63, 3.8) is 0 Å². The van der Waals surface area contributed by atoms with Crippen LogP contribution in [0.25, 0.3) is 11.1 Å². The summed E-state index contributed by atoms with van der Waals surface area (Å²) in [7, 11) is 0. The Morgan fingerprint density at radius 2 is 1.63 bits per heavy atom. The molecule has 19 heavy (non-hydrogen) atoms. The van der Waals surface area contributed by atoms with Gasteiger partial charge in [-0.3, -0.25) is 4.68 Å². The van der Waals surface area contributed by atoms with Gasteiger partial charge in [0.05, 0.1) is 12.7 Å². The minimum Gasteiger partial charge on any atom is -0.268 e. The maximum Gasteiger partial charge on any atom is 0.0659 e. The first kappa shape index (κ1) is 11.7. The molecule has 2 heteroatoms. The van der Waals surface area contributed by atoms with Crippen molar-refractivity contribution in [2.75, 3.05) is 0 Å². The van der Waals surface area contributed by atoms with Crippen LogP contribution in [-0.2, 0) is 6.54 Å². The summed E-state index contributed by atoms with van der Waals surface area (Å²) in [4.78, 5) is 0. The summed E-state index contributed by atoms with van der Waals surface area (Å²) in [6.45, 7) is 2.91. The molecule has 1 heterocycles. The fourth-order valence-corrected chi connectivity index (χ4v) is 2.12. The molecule has 0 aliphatic heterocycles. The quantitative estimate of drug-likeness (QED) is 0.687. The van der Waals surface area contributed by atoms with Crippen molar-refractivity contribution < 1.29 is 0 Å². The highest BCUT2D eigenvalue weighted by atomic mass is 15.3. The normalized spacial score (nSPS) is 10.6. The van der Waals surface area contributed by atoms with E-state index in [2.05, 4.69) is 66.8 Å². The van der Waals surface area contributed by atoms with Gasteiger partial charge in [0.25, 0.3) is 0 Å². The van der Waals surface area contributed by atoms with E-state index in [9.17, 15) is 0 Å². The zero-order chi connectivity index (χ0) is 13.1. The van der Waals surface area contributed by atoms with Crippen LogP contribution >= 0.6 is 0 Å². The largest absolute Gasteiger partial charge is 0.268 e. The third-order valence-electron chi connectivity index (χ3n) is 3.21. The van der Waals surface area contributed by atoms with Crippen molar-refractivity contribution in [3.8, 4) is 11.1 Å². The SMILES string of the molecule is Cc1ccc(-c2cnn(Cc3ccccc3)c2)cc1. The van der Waals surface area contributed by atoms with E-state index in [0.717, 1.165) is 12.1 Å². The van der Waals surface area contributed by atoms with Crippen molar-refractivity contribution >= 4 is 0 Å². The Hall–Kier alpha value is -2.35. The molecule has 0 atom stereocenters. The van der Waals surface area contributed by atoms with Crippen LogP contribution in [0.1, 0.15) is 11.1 Å². The smallest absolute Gasteiger partial charge is 0.0659 e. The molecule has 0 aliphatic carbocycles. The molecule has 0 unspecified atom stereocenters. The molecule has 0 spiro atoms. The highest BCUT2D eigenvalue weighted by Crippen LogP contribution is 2.19. The van der Waals surface area contributed by atoms with Crippen molar-refractivity contribution in [1.82, 2.24) is 9.78 Å². The maximum absolute atomic E-state index is 4.43. The molecule has 0 fully saturated rings. The fraction of sp³-hybridized carbons (Fsp3) is 0.118. The molecule has 0 radical (unpaired) electrons. The molecule has 3 rings (SSSR count). The lowest BCUT2D eigenvalue weighted by Gasteiger charge is -2.01. The molecule has 2 nitrogen and oxygen atoms in total. The predicted octanol–water partition coefficient (Wildman–Crippen LogP) is 3.91. The molecule has 1 aromatic heterocycles. The molecular formula is C17H16N2. The lowest BCUT2D eigenvalue weighted by molar-refractivity contribution is 0.687. The van der Waals surface area contributed by atoms with E-state index in [0.29, 0.717) is 0 Å². The number of nitrogens with zero attached hydrogens (tertiary/aromatic N) is 2. The topological polar surface area (TPSA) is 17.8 Å². The van der Waals surface area contributed by atoms with Gasteiger partial charge in [-0.15, -0.1) is 0 Å². The molecule has 0 saturated heterocycles. The van der Waals surface area contributed by atoms with Gasteiger partial charge in [0.1, 0.15) is 0 Å². The highest BCUT2D eigenvalue weighted by molar-refractivity contribution is 5.61. The molecule has 0 aliphatic rings. The zero-order valence-electron chi connectivity index (χ0n) is 11.0. The zero-order valence-corrected chi connectivity index (χ0v) is 11.0. The van der Waals surface area contributed by atoms with Crippen LogP contribution in [0, 0.1) is 6.92 Å². The summed E-state index contributed by atoms with van der Waals surface area (Å²) in [5, 5.41) is 4.43. The van der Waals surface area contributed by atoms with E-state index in [1.807, 2.05) is 16.9 Å². The Balaban J connectivity index is 1.82. The van der Waals surface area contributed by atoms with Gasteiger partial charge in [0, 0.05) is 11.8 Å². The van der Waals surface area contributed by atoms with Crippen molar-refractivity contribution in [3.05, 3.63) is 78.1 Å². The third-order valence-corrected chi connectivity index (χ3v) is 3.21. The summed E-state index contributed by atoms with van der Waals surface area (Å²) in [5.74, 6) is 0. The predicted molar refractivity (Wildman–Crippen MR) is 77.9 cm³/mol. The lowest BCUT2D eigenvalue weighted by Crippen LogP contribution is -1.99. The van der Waals surface area contributed by atoms with Gasteiger partial charge < -0.3 is 0 Å². The molecule has 94 valence electrons. The van der Waals surface area contributed by atoms with Crippen LogP contribution in [0.2, 0.25) is 0 Å². The summed E-state index contributed by atoms with van der Waals surface area (Å²) in [5.41, 5.74) is 4.92. The molecule has 3 aromatic rings. The van der Waals surface area contributed by atoms with Crippen LogP contribution in [0.4, 0.5) is 0 Å². The van der Waals surface area contributed by atoms with Crippen LogP contribution in [0.5, 0.6) is 0 Å². The van der Waals surface area contributed by atoms with E-state index < -0.39 is 0 Å². The minimum absolute atomic E-state index is 0.812.